The van der Waals surface area contributed by atoms with Crippen LogP contribution < -0.4 is 9.64 Å². The van der Waals surface area contributed by atoms with E-state index in [9.17, 15) is 0 Å². The molecule has 2 rings (SSSR count). The van der Waals surface area contributed by atoms with Gasteiger partial charge in [-0.1, -0.05) is 23.7 Å². The highest BCUT2D eigenvalue weighted by atomic mass is 35.5. The molecule has 1 heterocycles. The van der Waals surface area contributed by atoms with Crippen LogP contribution in [0.5, 0.6) is 5.75 Å². The zero-order valence-corrected chi connectivity index (χ0v) is 11.1. The van der Waals surface area contributed by atoms with Gasteiger partial charge in [0.2, 0.25) is 0 Å². The first kappa shape index (κ1) is 12.1. The van der Waals surface area contributed by atoms with Crippen LogP contribution in [0.3, 0.4) is 0 Å². The Morgan fingerprint density at radius 2 is 2.00 bits per heavy atom. The molecule has 4 nitrogen and oxygen atoms in total. The van der Waals surface area contributed by atoms with Crippen molar-refractivity contribution in [1.82, 2.24) is 8.75 Å². The Bertz CT molecular complexity index is 486. The number of hydrogen-bond donors (Lipinski definition) is 0. The fourth-order valence-corrected chi connectivity index (χ4v) is 2.31. The zero-order valence-electron chi connectivity index (χ0n) is 9.55. The summed E-state index contributed by atoms with van der Waals surface area (Å²) in [5, 5.41) is 0.450. The Morgan fingerprint density at radius 1 is 1.29 bits per heavy atom. The number of halogens is 1. The lowest BCUT2D eigenvalue weighted by Crippen LogP contribution is -2.16. The zero-order chi connectivity index (χ0) is 12.3. The van der Waals surface area contributed by atoms with E-state index in [1.807, 2.05) is 36.2 Å². The van der Waals surface area contributed by atoms with E-state index < -0.39 is 0 Å². The van der Waals surface area contributed by atoms with Crippen LogP contribution in [0.15, 0.2) is 24.3 Å². The normalized spacial score (nSPS) is 10.3. The molecular weight excluding hydrogens is 258 g/mol. The van der Waals surface area contributed by atoms with Crippen LogP contribution in [-0.4, -0.2) is 22.9 Å². The maximum Gasteiger partial charge on any atom is 0.187 e. The minimum atomic E-state index is 0.450. The Balaban J connectivity index is 2.07. The molecule has 90 valence electrons. The molecular formula is C11H12ClN3OS. The molecule has 0 aliphatic rings. The minimum absolute atomic E-state index is 0.450. The molecule has 6 heteroatoms. The Labute approximate surface area is 109 Å². The molecule has 0 radical (unpaired) electrons. The molecule has 1 aromatic carbocycles. The van der Waals surface area contributed by atoms with Gasteiger partial charge in [0.15, 0.2) is 11.0 Å². The highest BCUT2D eigenvalue weighted by molar-refractivity contribution is 6.99. The second-order valence-corrected chi connectivity index (χ2v) is 4.47. The quantitative estimate of drug-likeness (QED) is 0.856. The van der Waals surface area contributed by atoms with Crippen LogP contribution in [0.1, 0.15) is 5.56 Å². The van der Waals surface area contributed by atoms with Crippen molar-refractivity contribution in [3.8, 4) is 5.75 Å². The molecule has 0 amide bonds. The molecule has 1 aromatic heterocycles. The van der Waals surface area contributed by atoms with Gasteiger partial charge in [0.05, 0.1) is 18.8 Å². The highest BCUT2D eigenvalue weighted by Crippen LogP contribution is 2.23. The van der Waals surface area contributed by atoms with Crippen molar-refractivity contribution in [2.45, 2.75) is 6.54 Å². The fraction of sp³-hybridized carbons (Fsp3) is 0.273. The SMILES string of the molecule is COc1ccc(CN(C)c2nsnc2Cl)cc1. The van der Waals surface area contributed by atoms with Crippen molar-refractivity contribution >= 4 is 29.1 Å². The van der Waals surface area contributed by atoms with E-state index in [1.54, 1.807) is 7.11 Å². The van der Waals surface area contributed by atoms with Crippen molar-refractivity contribution < 1.29 is 4.74 Å². The summed E-state index contributed by atoms with van der Waals surface area (Å²) in [5.74, 6) is 1.57. The van der Waals surface area contributed by atoms with Gasteiger partial charge in [0.25, 0.3) is 0 Å². The van der Waals surface area contributed by atoms with Crippen LogP contribution in [0.25, 0.3) is 0 Å². The topological polar surface area (TPSA) is 38.2 Å². The summed E-state index contributed by atoms with van der Waals surface area (Å²) in [7, 11) is 3.59. The predicted octanol–water partition coefficient (Wildman–Crippen LogP) is 2.84. The van der Waals surface area contributed by atoms with Gasteiger partial charge < -0.3 is 9.64 Å². The van der Waals surface area contributed by atoms with Gasteiger partial charge in [0.1, 0.15) is 5.75 Å². The van der Waals surface area contributed by atoms with Crippen LogP contribution in [0.4, 0.5) is 5.82 Å². The molecule has 0 spiro atoms. The molecule has 0 aliphatic heterocycles. The first-order valence-corrected chi connectivity index (χ1v) is 6.13. The van der Waals surface area contributed by atoms with Crippen molar-refractivity contribution in [1.29, 1.82) is 0 Å². The summed E-state index contributed by atoms with van der Waals surface area (Å²) >= 11 is 7.04. The molecule has 2 aromatic rings. The molecule has 0 atom stereocenters. The maximum atomic E-state index is 5.92. The Kier molecular flexibility index (Phi) is 3.81. The molecule has 0 saturated heterocycles. The predicted molar refractivity (Wildman–Crippen MR) is 70.0 cm³/mol. The largest absolute Gasteiger partial charge is 0.497 e. The third-order valence-corrected chi connectivity index (χ3v) is 3.25. The monoisotopic (exact) mass is 269 g/mol. The summed E-state index contributed by atoms with van der Waals surface area (Å²) in [6.07, 6.45) is 0. The van der Waals surface area contributed by atoms with Crippen molar-refractivity contribution in [2.24, 2.45) is 0 Å². The summed E-state index contributed by atoms with van der Waals surface area (Å²) in [5.41, 5.74) is 1.16. The van der Waals surface area contributed by atoms with Gasteiger partial charge in [-0.25, -0.2) is 0 Å². The van der Waals surface area contributed by atoms with E-state index >= 15 is 0 Å². The van der Waals surface area contributed by atoms with Crippen LogP contribution in [0.2, 0.25) is 5.15 Å². The minimum Gasteiger partial charge on any atom is -0.497 e. The summed E-state index contributed by atoms with van der Waals surface area (Å²) in [6.45, 7) is 0.731. The lowest BCUT2D eigenvalue weighted by atomic mass is 10.2. The van der Waals surface area contributed by atoms with Crippen LogP contribution >= 0.6 is 23.3 Å². The van der Waals surface area contributed by atoms with Gasteiger partial charge in [-0.2, -0.15) is 8.75 Å². The number of methoxy groups -OCH3 is 1. The van der Waals surface area contributed by atoms with Crippen LogP contribution in [-0.2, 0) is 6.54 Å². The fourth-order valence-electron chi connectivity index (χ4n) is 1.48. The standard InChI is InChI=1S/C11H12ClN3OS/c1-15(11-10(12)13-17-14-11)7-8-3-5-9(16-2)6-4-8/h3-6H,7H2,1-2H3. The van der Waals surface area contributed by atoms with Gasteiger partial charge in [0, 0.05) is 13.6 Å². The molecule has 17 heavy (non-hydrogen) atoms. The summed E-state index contributed by atoms with van der Waals surface area (Å²) in [4.78, 5) is 1.97. The number of hydrogen-bond acceptors (Lipinski definition) is 5. The summed E-state index contributed by atoms with van der Waals surface area (Å²) in [6, 6.07) is 7.90. The van der Waals surface area contributed by atoms with Crippen molar-refractivity contribution in [2.75, 3.05) is 19.1 Å². The highest BCUT2D eigenvalue weighted by Gasteiger charge is 2.10. The maximum absolute atomic E-state index is 5.92. The van der Waals surface area contributed by atoms with E-state index in [0.29, 0.717) is 11.0 Å². The van der Waals surface area contributed by atoms with E-state index in [-0.39, 0.29) is 0 Å². The summed E-state index contributed by atoms with van der Waals surface area (Å²) < 4.78 is 13.2. The number of rotatable bonds is 4. The smallest absolute Gasteiger partial charge is 0.187 e. The Morgan fingerprint density at radius 3 is 2.53 bits per heavy atom. The molecule has 0 N–H and O–H groups in total. The van der Waals surface area contributed by atoms with Gasteiger partial charge in [-0.3, -0.25) is 0 Å². The van der Waals surface area contributed by atoms with Crippen molar-refractivity contribution in [3.63, 3.8) is 0 Å². The lowest BCUT2D eigenvalue weighted by molar-refractivity contribution is 0.414. The number of anilines is 1. The van der Waals surface area contributed by atoms with E-state index in [0.717, 1.165) is 29.6 Å². The van der Waals surface area contributed by atoms with E-state index in [1.165, 1.54) is 0 Å². The number of benzene rings is 1. The number of ether oxygens (including phenoxy) is 1. The molecule has 0 aliphatic carbocycles. The van der Waals surface area contributed by atoms with Gasteiger partial charge >= 0.3 is 0 Å². The molecule has 0 unspecified atom stereocenters. The number of aromatic nitrogens is 2. The first-order valence-electron chi connectivity index (χ1n) is 5.03. The second-order valence-electron chi connectivity index (χ2n) is 3.58. The number of nitrogens with zero attached hydrogens (tertiary/aromatic N) is 3. The van der Waals surface area contributed by atoms with E-state index in [2.05, 4.69) is 8.75 Å². The molecule has 0 fully saturated rings. The lowest BCUT2D eigenvalue weighted by Gasteiger charge is -2.16. The van der Waals surface area contributed by atoms with Crippen molar-refractivity contribution in [3.05, 3.63) is 35.0 Å². The third kappa shape index (κ3) is 2.87. The van der Waals surface area contributed by atoms with Gasteiger partial charge in [-0.05, 0) is 17.7 Å². The first-order chi connectivity index (χ1) is 8.20. The Hall–Kier alpha value is -1.33. The average Bonchev–Trinajstić information content (AvgIpc) is 2.76. The van der Waals surface area contributed by atoms with Crippen LogP contribution in [0, 0.1) is 0 Å². The molecule has 0 bridgehead atoms. The molecule has 0 saturated carbocycles. The third-order valence-electron chi connectivity index (χ3n) is 2.37. The second kappa shape index (κ2) is 5.33. The van der Waals surface area contributed by atoms with Gasteiger partial charge in [-0.15, -0.1) is 0 Å². The average molecular weight is 270 g/mol. The van der Waals surface area contributed by atoms with E-state index in [4.69, 9.17) is 16.3 Å².